The Kier molecular flexibility index (Phi) is 5.29. The maximum absolute atomic E-state index is 13.1. The molecule has 0 saturated carbocycles. The summed E-state index contributed by atoms with van der Waals surface area (Å²) in [7, 11) is -2.91. The quantitative estimate of drug-likeness (QED) is 0.648. The maximum atomic E-state index is 13.1. The van der Waals surface area contributed by atoms with Gasteiger partial charge >= 0.3 is 0 Å². The molecule has 1 aromatic carbocycles. The van der Waals surface area contributed by atoms with E-state index in [4.69, 9.17) is 9.47 Å². The van der Waals surface area contributed by atoms with Gasteiger partial charge in [0.2, 0.25) is 11.8 Å². The van der Waals surface area contributed by atoms with Crippen LogP contribution >= 0.6 is 0 Å². The molecule has 0 radical (unpaired) electrons. The first-order chi connectivity index (χ1) is 14.9. The van der Waals surface area contributed by atoms with E-state index in [2.05, 4.69) is 4.90 Å². The normalized spacial score (nSPS) is 28.2. The molecule has 10 heteroatoms. The standard InChI is InChI=1S/C21H27N3O6S/c25-20-11-15(13-24(20)16-1-2-18-19(12-16)30-9-8-29-18)21(26)23-6-4-22(5-7-23)17-3-10-31(27,28)14-17/h1-2,12,15,17H,3-11,13-14H2/t15-,17+/m1/s1. The second-order valence-electron chi connectivity index (χ2n) is 8.65. The Hall–Kier alpha value is -2.33. The van der Waals surface area contributed by atoms with Crippen molar-refractivity contribution in [3.8, 4) is 11.5 Å². The first-order valence-electron chi connectivity index (χ1n) is 10.8. The van der Waals surface area contributed by atoms with Crippen molar-refractivity contribution in [3.63, 3.8) is 0 Å². The van der Waals surface area contributed by atoms with Crippen LogP contribution in [-0.2, 0) is 19.4 Å². The molecule has 3 fully saturated rings. The number of sulfone groups is 1. The maximum Gasteiger partial charge on any atom is 0.228 e. The number of hydrogen-bond acceptors (Lipinski definition) is 7. The molecule has 2 amide bonds. The van der Waals surface area contributed by atoms with E-state index in [1.165, 1.54) is 0 Å². The van der Waals surface area contributed by atoms with Crippen molar-refractivity contribution in [2.75, 3.05) is 62.3 Å². The highest BCUT2D eigenvalue weighted by molar-refractivity contribution is 7.91. The number of carbonyl (C=O) groups is 2. The van der Waals surface area contributed by atoms with Crippen LogP contribution in [0.2, 0.25) is 0 Å². The highest BCUT2D eigenvalue weighted by Crippen LogP contribution is 2.36. The van der Waals surface area contributed by atoms with Gasteiger partial charge in [-0.3, -0.25) is 14.5 Å². The molecule has 1 aromatic rings. The number of benzene rings is 1. The third kappa shape index (κ3) is 4.10. The van der Waals surface area contributed by atoms with Crippen LogP contribution in [0.25, 0.3) is 0 Å². The van der Waals surface area contributed by atoms with Crippen LogP contribution in [0.4, 0.5) is 5.69 Å². The molecule has 0 bridgehead atoms. The summed E-state index contributed by atoms with van der Waals surface area (Å²) in [6.07, 6.45) is 0.881. The number of anilines is 1. The van der Waals surface area contributed by atoms with E-state index in [0.717, 1.165) is 5.69 Å². The van der Waals surface area contributed by atoms with Gasteiger partial charge in [-0.05, 0) is 18.6 Å². The smallest absolute Gasteiger partial charge is 0.228 e. The summed E-state index contributed by atoms with van der Waals surface area (Å²) in [6.45, 7) is 3.85. The van der Waals surface area contributed by atoms with Gasteiger partial charge in [0.1, 0.15) is 13.2 Å². The topological polar surface area (TPSA) is 96.5 Å². The van der Waals surface area contributed by atoms with Crippen molar-refractivity contribution in [1.82, 2.24) is 9.80 Å². The molecule has 4 aliphatic rings. The molecule has 2 atom stereocenters. The van der Waals surface area contributed by atoms with Crippen LogP contribution in [0.1, 0.15) is 12.8 Å². The minimum absolute atomic E-state index is 0.00656. The Morgan fingerprint density at radius 3 is 2.48 bits per heavy atom. The van der Waals surface area contributed by atoms with Crippen LogP contribution in [0, 0.1) is 5.92 Å². The average molecular weight is 450 g/mol. The summed E-state index contributed by atoms with van der Waals surface area (Å²) in [6, 6.07) is 5.50. The van der Waals surface area contributed by atoms with Gasteiger partial charge in [0, 0.05) is 56.9 Å². The number of rotatable bonds is 3. The molecular formula is C21H27N3O6S. The number of carbonyl (C=O) groups excluding carboxylic acids is 2. The average Bonchev–Trinajstić information content (AvgIpc) is 3.35. The minimum Gasteiger partial charge on any atom is -0.486 e. The summed E-state index contributed by atoms with van der Waals surface area (Å²) in [4.78, 5) is 31.4. The Balaban J connectivity index is 1.19. The molecule has 9 nitrogen and oxygen atoms in total. The number of piperazine rings is 1. The van der Waals surface area contributed by atoms with Crippen molar-refractivity contribution in [3.05, 3.63) is 18.2 Å². The second-order valence-corrected chi connectivity index (χ2v) is 10.9. The van der Waals surface area contributed by atoms with Crippen molar-refractivity contribution in [1.29, 1.82) is 0 Å². The largest absolute Gasteiger partial charge is 0.486 e. The first-order valence-corrected chi connectivity index (χ1v) is 12.6. The fourth-order valence-electron chi connectivity index (χ4n) is 4.95. The SMILES string of the molecule is O=C([C@@H]1CC(=O)N(c2ccc3c(c2)OCCO3)C1)N1CCN([C@H]2CCS(=O)(=O)C2)CC1. The number of fused-ring (bicyclic) bond motifs is 1. The molecule has 0 unspecified atom stereocenters. The Morgan fingerprint density at radius 1 is 1.03 bits per heavy atom. The summed E-state index contributed by atoms with van der Waals surface area (Å²) < 4.78 is 34.6. The fourth-order valence-corrected chi connectivity index (χ4v) is 6.71. The lowest BCUT2D eigenvalue weighted by Gasteiger charge is -2.38. The van der Waals surface area contributed by atoms with Crippen LogP contribution in [-0.4, -0.2) is 93.5 Å². The van der Waals surface area contributed by atoms with Crippen LogP contribution in [0.15, 0.2) is 18.2 Å². The predicted octanol–water partition coefficient (Wildman–Crippen LogP) is 0.142. The van der Waals surface area contributed by atoms with Crippen LogP contribution in [0.5, 0.6) is 11.5 Å². The minimum atomic E-state index is -2.91. The molecule has 3 saturated heterocycles. The predicted molar refractivity (Wildman–Crippen MR) is 113 cm³/mol. The van der Waals surface area contributed by atoms with Gasteiger partial charge < -0.3 is 19.3 Å². The highest BCUT2D eigenvalue weighted by atomic mass is 32.2. The Labute approximate surface area is 181 Å². The summed E-state index contributed by atoms with van der Waals surface area (Å²) in [5.41, 5.74) is 0.719. The number of hydrogen-bond donors (Lipinski definition) is 0. The van der Waals surface area contributed by atoms with Crippen molar-refractivity contribution in [2.45, 2.75) is 18.9 Å². The lowest BCUT2D eigenvalue weighted by Crippen LogP contribution is -2.53. The molecule has 4 aliphatic heterocycles. The van der Waals surface area contributed by atoms with Gasteiger partial charge in [0.05, 0.1) is 17.4 Å². The molecule has 31 heavy (non-hydrogen) atoms. The molecule has 0 aliphatic carbocycles. The third-order valence-electron chi connectivity index (χ3n) is 6.66. The van der Waals surface area contributed by atoms with E-state index in [1.54, 1.807) is 17.0 Å². The Morgan fingerprint density at radius 2 is 1.77 bits per heavy atom. The highest BCUT2D eigenvalue weighted by Gasteiger charge is 2.39. The molecular weight excluding hydrogens is 422 g/mol. The molecule has 0 N–H and O–H groups in total. The number of amides is 2. The van der Waals surface area contributed by atoms with E-state index in [9.17, 15) is 18.0 Å². The number of nitrogens with zero attached hydrogens (tertiary/aromatic N) is 3. The molecule has 4 heterocycles. The first kappa shape index (κ1) is 20.6. The zero-order valence-electron chi connectivity index (χ0n) is 17.4. The second kappa shape index (κ2) is 7.98. The van der Waals surface area contributed by atoms with Crippen LogP contribution in [0.3, 0.4) is 0 Å². The molecule has 168 valence electrons. The number of ether oxygens (including phenoxy) is 2. The van der Waals surface area contributed by atoms with Gasteiger partial charge in [0.15, 0.2) is 21.3 Å². The molecule has 5 rings (SSSR count). The molecule has 0 aromatic heterocycles. The van der Waals surface area contributed by atoms with Crippen molar-refractivity contribution < 1.29 is 27.5 Å². The van der Waals surface area contributed by atoms with E-state index in [-0.39, 0.29) is 41.7 Å². The monoisotopic (exact) mass is 449 g/mol. The summed E-state index contributed by atoms with van der Waals surface area (Å²) >= 11 is 0. The van der Waals surface area contributed by atoms with Gasteiger partial charge in [-0.1, -0.05) is 0 Å². The van der Waals surface area contributed by atoms with Crippen molar-refractivity contribution in [2.24, 2.45) is 5.92 Å². The fraction of sp³-hybridized carbons (Fsp3) is 0.619. The lowest BCUT2D eigenvalue weighted by atomic mass is 10.1. The van der Waals surface area contributed by atoms with Crippen LogP contribution < -0.4 is 14.4 Å². The molecule has 0 spiro atoms. The zero-order chi connectivity index (χ0) is 21.6. The lowest BCUT2D eigenvalue weighted by molar-refractivity contribution is -0.137. The van der Waals surface area contributed by atoms with Gasteiger partial charge in [-0.25, -0.2) is 8.42 Å². The van der Waals surface area contributed by atoms with Gasteiger partial charge in [-0.2, -0.15) is 0 Å². The summed E-state index contributed by atoms with van der Waals surface area (Å²) in [5.74, 6) is 1.36. The van der Waals surface area contributed by atoms with Gasteiger partial charge in [-0.15, -0.1) is 0 Å². The van der Waals surface area contributed by atoms with Crippen molar-refractivity contribution >= 4 is 27.3 Å². The summed E-state index contributed by atoms with van der Waals surface area (Å²) in [5, 5.41) is 0. The van der Waals surface area contributed by atoms with E-state index in [1.807, 2.05) is 11.0 Å². The third-order valence-corrected chi connectivity index (χ3v) is 8.41. The zero-order valence-corrected chi connectivity index (χ0v) is 18.2. The van der Waals surface area contributed by atoms with E-state index >= 15 is 0 Å². The Bertz CT molecular complexity index is 989. The van der Waals surface area contributed by atoms with E-state index in [0.29, 0.717) is 63.9 Å². The van der Waals surface area contributed by atoms with E-state index < -0.39 is 9.84 Å². The van der Waals surface area contributed by atoms with Gasteiger partial charge in [0.25, 0.3) is 0 Å².